The first kappa shape index (κ1) is 15.2. The lowest BCUT2D eigenvalue weighted by molar-refractivity contribution is -0.152. The molecule has 2 aliphatic rings. The summed E-state index contributed by atoms with van der Waals surface area (Å²) in [4.78, 5) is 26.2. The van der Waals surface area contributed by atoms with Crippen molar-refractivity contribution < 1.29 is 19.1 Å². The van der Waals surface area contributed by atoms with Crippen molar-refractivity contribution in [3.8, 4) is 0 Å². The van der Waals surface area contributed by atoms with Crippen LogP contribution < -0.4 is 10.6 Å². The van der Waals surface area contributed by atoms with Crippen molar-refractivity contribution >= 4 is 11.8 Å². The highest BCUT2D eigenvalue weighted by atomic mass is 16.5. The first-order chi connectivity index (χ1) is 9.74. The van der Waals surface area contributed by atoms with Gasteiger partial charge in [-0.25, -0.2) is 0 Å². The van der Waals surface area contributed by atoms with E-state index in [2.05, 4.69) is 10.6 Å². The molecular formula is C13H23N3O4. The maximum atomic E-state index is 12.5. The van der Waals surface area contributed by atoms with Gasteiger partial charge in [0, 0.05) is 19.6 Å². The Labute approximate surface area is 119 Å². The Kier molecular flexibility index (Phi) is 5.75. The number of morpholine rings is 2. The van der Waals surface area contributed by atoms with Crippen molar-refractivity contribution in [2.24, 2.45) is 0 Å². The highest BCUT2D eigenvalue weighted by molar-refractivity contribution is 5.90. The van der Waals surface area contributed by atoms with Crippen LogP contribution in [-0.4, -0.2) is 74.9 Å². The summed E-state index contributed by atoms with van der Waals surface area (Å²) in [5, 5.41) is 5.96. The summed E-state index contributed by atoms with van der Waals surface area (Å²) >= 11 is 0. The predicted octanol–water partition coefficient (Wildman–Crippen LogP) is -1.27. The number of nitrogens with zero attached hydrogens (tertiary/aromatic N) is 1. The van der Waals surface area contributed by atoms with Crippen LogP contribution in [-0.2, 0) is 19.1 Å². The Hall–Kier alpha value is -1.18. The normalized spacial score (nSPS) is 27.1. The van der Waals surface area contributed by atoms with E-state index in [-0.39, 0.29) is 24.5 Å². The number of hydrogen-bond acceptors (Lipinski definition) is 5. The largest absolute Gasteiger partial charge is 0.378 e. The molecule has 7 nitrogen and oxygen atoms in total. The van der Waals surface area contributed by atoms with Gasteiger partial charge in [0.2, 0.25) is 11.8 Å². The van der Waals surface area contributed by atoms with Crippen molar-refractivity contribution in [2.45, 2.75) is 25.4 Å². The third-order valence-corrected chi connectivity index (χ3v) is 3.48. The van der Waals surface area contributed by atoms with Gasteiger partial charge in [-0.05, 0) is 6.42 Å². The molecule has 0 aromatic carbocycles. The fourth-order valence-electron chi connectivity index (χ4n) is 2.37. The molecule has 0 saturated carbocycles. The SMILES string of the molecule is CCCNC(=O)C1COCCN1C(=O)C1COCCN1. The molecule has 2 amide bonds. The molecule has 0 aromatic rings. The van der Waals surface area contributed by atoms with Crippen molar-refractivity contribution in [3.05, 3.63) is 0 Å². The summed E-state index contributed by atoms with van der Waals surface area (Å²) in [7, 11) is 0. The van der Waals surface area contributed by atoms with Gasteiger partial charge in [0.25, 0.3) is 0 Å². The number of carbonyl (C=O) groups excluding carboxylic acids is 2. The van der Waals surface area contributed by atoms with Gasteiger partial charge in [-0.2, -0.15) is 0 Å². The molecule has 2 heterocycles. The Morgan fingerprint density at radius 3 is 2.80 bits per heavy atom. The topological polar surface area (TPSA) is 79.9 Å². The monoisotopic (exact) mass is 285 g/mol. The second kappa shape index (κ2) is 7.56. The van der Waals surface area contributed by atoms with E-state index in [1.807, 2.05) is 6.92 Å². The highest BCUT2D eigenvalue weighted by Gasteiger charge is 2.36. The Morgan fingerprint density at radius 2 is 2.10 bits per heavy atom. The molecule has 0 radical (unpaired) electrons. The minimum atomic E-state index is -0.536. The molecule has 20 heavy (non-hydrogen) atoms. The van der Waals surface area contributed by atoms with E-state index < -0.39 is 6.04 Å². The lowest BCUT2D eigenvalue weighted by atomic mass is 10.1. The summed E-state index contributed by atoms with van der Waals surface area (Å²) < 4.78 is 10.7. The molecule has 2 unspecified atom stereocenters. The molecule has 2 rings (SSSR count). The van der Waals surface area contributed by atoms with Crippen molar-refractivity contribution in [1.29, 1.82) is 0 Å². The predicted molar refractivity (Wildman–Crippen MR) is 72.2 cm³/mol. The Balaban J connectivity index is 1.98. The van der Waals surface area contributed by atoms with Crippen LogP contribution in [0.2, 0.25) is 0 Å². The lowest BCUT2D eigenvalue weighted by Gasteiger charge is -2.37. The maximum absolute atomic E-state index is 12.5. The molecule has 0 spiro atoms. The number of hydrogen-bond donors (Lipinski definition) is 2. The quantitative estimate of drug-likeness (QED) is 0.673. The third-order valence-electron chi connectivity index (χ3n) is 3.48. The lowest BCUT2D eigenvalue weighted by Crippen LogP contribution is -2.61. The second-order valence-corrected chi connectivity index (χ2v) is 4.99. The molecule has 2 saturated heterocycles. The van der Waals surface area contributed by atoms with E-state index in [1.54, 1.807) is 4.90 Å². The van der Waals surface area contributed by atoms with Crippen LogP contribution in [0.5, 0.6) is 0 Å². The zero-order valence-corrected chi connectivity index (χ0v) is 11.9. The van der Waals surface area contributed by atoms with Crippen LogP contribution >= 0.6 is 0 Å². The van der Waals surface area contributed by atoms with E-state index in [1.165, 1.54) is 0 Å². The summed E-state index contributed by atoms with van der Waals surface area (Å²) in [5.74, 6) is -0.221. The van der Waals surface area contributed by atoms with E-state index in [0.717, 1.165) is 6.42 Å². The molecule has 114 valence electrons. The van der Waals surface area contributed by atoms with Gasteiger partial charge < -0.3 is 25.0 Å². The summed E-state index contributed by atoms with van der Waals surface area (Å²) in [6.07, 6.45) is 0.866. The van der Waals surface area contributed by atoms with Crippen LogP contribution in [0.25, 0.3) is 0 Å². The zero-order chi connectivity index (χ0) is 14.4. The van der Waals surface area contributed by atoms with Gasteiger partial charge in [0.15, 0.2) is 0 Å². The highest BCUT2D eigenvalue weighted by Crippen LogP contribution is 2.11. The average Bonchev–Trinajstić information content (AvgIpc) is 2.52. The molecular weight excluding hydrogens is 262 g/mol. The first-order valence-corrected chi connectivity index (χ1v) is 7.21. The third kappa shape index (κ3) is 3.68. The van der Waals surface area contributed by atoms with Crippen LogP contribution in [0.4, 0.5) is 0 Å². The number of amides is 2. The minimum Gasteiger partial charge on any atom is -0.378 e. The van der Waals surface area contributed by atoms with Gasteiger partial charge in [-0.1, -0.05) is 6.92 Å². The Bertz CT molecular complexity index is 345. The fourth-order valence-corrected chi connectivity index (χ4v) is 2.37. The average molecular weight is 285 g/mol. The number of ether oxygens (including phenoxy) is 2. The van der Waals surface area contributed by atoms with Crippen LogP contribution in [0.1, 0.15) is 13.3 Å². The molecule has 0 bridgehead atoms. The van der Waals surface area contributed by atoms with E-state index in [9.17, 15) is 9.59 Å². The summed E-state index contributed by atoms with van der Waals surface area (Å²) in [6, 6.07) is -0.894. The summed E-state index contributed by atoms with van der Waals surface area (Å²) in [6.45, 7) is 5.42. The zero-order valence-electron chi connectivity index (χ0n) is 11.9. The van der Waals surface area contributed by atoms with Crippen molar-refractivity contribution in [1.82, 2.24) is 15.5 Å². The van der Waals surface area contributed by atoms with Crippen molar-refractivity contribution in [3.63, 3.8) is 0 Å². The molecule has 0 aliphatic carbocycles. The van der Waals surface area contributed by atoms with Gasteiger partial charge in [0.05, 0.1) is 26.4 Å². The van der Waals surface area contributed by atoms with E-state index in [4.69, 9.17) is 9.47 Å². The van der Waals surface area contributed by atoms with Gasteiger partial charge in [-0.3, -0.25) is 9.59 Å². The van der Waals surface area contributed by atoms with Crippen LogP contribution in [0.3, 0.4) is 0 Å². The first-order valence-electron chi connectivity index (χ1n) is 7.21. The van der Waals surface area contributed by atoms with Crippen LogP contribution in [0.15, 0.2) is 0 Å². The maximum Gasteiger partial charge on any atom is 0.245 e. The molecule has 2 aliphatic heterocycles. The van der Waals surface area contributed by atoms with Gasteiger partial charge in [0.1, 0.15) is 12.1 Å². The molecule has 0 aromatic heterocycles. The van der Waals surface area contributed by atoms with Crippen molar-refractivity contribution in [2.75, 3.05) is 46.1 Å². The summed E-state index contributed by atoms with van der Waals surface area (Å²) in [5.41, 5.74) is 0. The molecule has 2 N–H and O–H groups in total. The number of carbonyl (C=O) groups is 2. The molecule has 2 atom stereocenters. The van der Waals surface area contributed by atoms with Gasteiger partial charge >= 0.3 is 0 Å². The standard InChI is InChI=1S/C13H23N3O4/c1-2-3-15-12(17)11-9-20-7-5-16(11)13(18)10-8-19-6-4-14-10/h10-11,14H,2-9H2,1H3,(H,15,17). The smallest absolute Gasteiger partial charge is 0.245 e. The van der Waals surface area contributed by atoms with Crippen LogP contribution in [0, 0.1) is 0 Å². The van der Waals surface area contributed by atoms with Gasteiger partial charge in [-0.15, -0.1) is 0 Å². The van der Waals surface area contributed by atoms with E-state index >= 15 is 0 Å². The fraction of sp³-hybridized carbons (Fsp3) is 0.846. The Morgan fingerprint density at radius 1 is 1.30 bits per heavy atom. The second-order valence-electron chi connectivity index (χ2n) is 4.99. The molecule has 7 heteroatoms. The number of nitrogens with one attached hydrogen (secondary N) is 2. The molecule has 2 fully saturated rings. The number of rotatable bonds is 4. The van der Waals surface area contributed by atoms with E-state index in [0.29, 0.717) is 39.5 Å². The minimum absolute atomic E-state index is 0.0790.